The van der Waals surface area contributed by atoms with E-state index in [-0.39, 0.29) is 0 Å². The van der Waals surface area contributed by atoms with Gasteiger partial charge in [0.2, 0.25) is 0 Å². The van der Waals surface area contributed by atoms with Crippen LogP contribution in [0.1, 0.15) is 52.7 Å². The fourth-order valence-electron chi connectivity index (χ4n) is 3.20. The van der Waals surface area contributed by atoms with Gasteiger partial charge in [-0.25, -0.2) is 4.99 Å². The number of nitrogens with zero attached hydrogens (tertiary/aromatic N) is 2. The number of ether oxygens (including phenoxy) is 2. The van der Waals surface area contributed by atoms with Crippen molar-refractivity contribution in [2.75, 3.05) is 39.5 Å². The minimum absolute atomic E-state index is 0.537. The highest BCUT2D eigenvalue weighted by Gasteiger charge is 2.12. The Morgan fingerprint density at radius 2 is 1.69 bits per heavy atom. The molecule has 1 aromatic rings. The lowest BCUT2D eigenvalue weighted by Gasteiger charge is -2.30. The summed E-state index contributed by atoms with van der Waals surface area (Å²) in [6, 6.07) is 9.49. The number of guanidine groups is 1. The average molecular weight is 407 g/mol. The molecule has 6 nitrogen and oxygen atoms in total. The first-order valence-electron chi connectivity index (χ1n) is 11.0. The summed E-state index contributed by atoms with van der Waals surface area (Å²) in [5, 5.41) is 6.79. The van der Waals surface area contributed by atoms with E-state index >= 15 is 0 Å². The van der Waals surface area contributed by atoms with Gasteiger partial charge in [-0.3, -0.25) is 4.90 Å². The second-order valence-electron chi connectivity index (χ2n) is 7.62. The van der Waals surface area contributed by atoms with Crippen LogP contribution < -0.4 is 10.6 Å². The second kappa shape index (κ2) is 15.2. The van der Waals surface area contributed by atoms with Crippen molar-refractivity contribution >= 4 is 5.96 Å². The zero-order valence-electron chi connectivity index (χ0n) is 19.3. The highest BCUT2D eigenvalue weighted by molar-refractivity contribution is 5.79. The average Bonchev–Trinajstić information content (AvgIpc) is 2.68. The highest BCUT2D eigenvalue weighted by atomic mass is 16.5. The summed E-state index contributed by atoms with van der Waals surface area (Å²) in [5.41, 5.74) is 2.34. The number of rotatable bonds is 14. The predicted octanol–water partition coefficient (Wildman–Crippen LogP) is 3.41. The number of nitrogens with one attached hydrogen (secondary N) is 2. The van der Waals surface area contributed by atoms with E-state index in [0.717, 1.165) is 37.8 Å². The first-order valence-corrected chi connectivity index (χ1v) is 11.0. The van der Waals surface area contributed by atoms with Gasteiger partial charge in [0.05, 0.1) is 26.4 Å². The Hall–Kier alpha value is -1.63. The van der Waals surface area contributed by atoms with Crippen LogP contribution in [0.25, 0.3) is 0 Å². The van der Waals surface area contributed by atoms with Gasteiger partial charge in [0.1, 0.15) is 0 Å². The molecule has 6 heteroatoms. The van der Waals surface area contributed by atoms with Gasteiger partial charge in [-0.05, 0) is 52.7 Å². The summed E-state index contributed by atoms with van der Waals surface area (Å²) in [6.07, 6.45) is 0. The van der Waals surface area contributed by atoms with E-state index in [4.69, 9.17) is 14.5 Å². The van der Waals surface area contributed by atoms with Gasteiger partial charge >= 0.3 is 0 Å². The van der Waals surface area contributed by atoms with Crippen LogP contribution in [0.15, 0.2) is 29.3 Å². The van der Waals surface area contributed by atoms with E-state index in [1.54, 1.807) is 0 Å². The SMILES string of the molecule is CCNC(=NCc1cccc(COCCOCC)c1)NCCN(C(C)C)C(C)C. The molecule has 0 saturated heterocycles. The van der Waals surface area contributed by atoms with Gasteiger partial charge in [0, 0.05) is 38.3 Å². The topological polar surface area (TPSA) is 58.1 Å². The van der Waals surface area contributed by atoms with Crippen molar-refractivity contribution in [3.8, 4) is 0 Å². The molecule has 0 radical (unpaired) electrons. The maximum atomic E-state index is 5.66. The normalized spacial score (nSPS) is 12.2. The number of benzene rings is 1. The molecule has 0 aromatic heterocycles. The van der Waals surface area contributed by atoms with Gasteiger partial charge in [0.25, 0.3) is 0 Å². The van der Waals surface area contributed by atoms with Crippen LogP contribution in [0.5, 0.6) is 0 Å². The summed E-state index contributed by atoms with van der Waals surface area (Å²) in [5.74, 6) is 0.860. The number of hydrogen-bond acceptors (Lipinski definition) is 4. The van der Waals surface area contributed by atoms with Gasteiger partial charge in [-0.2, -0.15) is 0 Å². The van der Waals surface area contributed by atoms with E-state index in [1.807, 2.05) is 6.92 Å². The lowest BCUT2D eigenvalue weighted by molar-refractivity contribution is 0.0453. The largest absolute Gasteiger partial charge is 0.379 e. The van der Waals surface area contributed by atoms with E-state index in [0.29, 0.717) is 38.4 Å². The Kier molecular flexibility index (Phi) is 13.4. The van der Waals surface area contributed by atoms with Crippen LogP contribution in [0.2, 0.25) is 0 Å². The van der Waals surface area contributed by atoms with Crippen molar-refractivity contribution in [2.24, 2.45) is 4.99 Å². The number of hydrogen-bond donors (Lipinski definition) is 2. The Bertz CT molecular complexity index is 568. The predicted molar refractivity (Wildman–Crippen MR) is 122 cm³/mol. The highest BCUT2D eigenvalue weighted by Crippen LogP contribution is 2.08. The van der Waals surface area contributed by atoms with Crippen LogP contribution >= 0.6 is 0 Å². The Labute approximate surface area is 178 Å². The standard InChI is InChI=1S/C23H42N4O2/c1-7-24-23(25-12-13-27(19(3)4)20(5)6)26-17-21-10-9-11-22(16-21)18-29-15-14-28-8-2/h9-11,16,19-20H,7-8,12-15,17-18H2,1-6H3,(H2,24,25,26). The monoisotopic (exact) mass is 406 g/mol. The third-order valence-corrected chi connectivity index (χ3v) is 4.59. The molecule has 0 saturated carbocycles. The van der Waals surface area contributed by atoms with Crippen LogP contribution in [-0.2, 0) is 22.6 Å². The van der Waals surface area contributed by atoms with E-state index in [2.05, 4.69) is 74.4 Å². The van der Waals surface area contributed by atoms with Crippen molar-refractivity contribution in [1.29, 1.82) is 0 Å². The second-order valence-corrected chi connectivity index (χ2v) is 7.62. The Morgan fingerprint density at radius 1 is 1.00 bits per heavy atom. The molecule has 1 aromatic carbocycles. The maximum absolute atomic E-state index is 5.66. The third-order valence-electron chi connectivity index (χ3n) is 4.59. The summed E-state index contributed by atoms with van der Waals surface area (Å²) < 4.78 is 11.0. The number of aliphatic imine (C=N–C) groups is 1. The molecule has 0 fully saturated rings. The summed E-state index contributed by atoms with van der Waals surface area (Å²) in [6.45, 7) is 19.0. The molecule has 0 unspecified atom stereocenters. The summed E-state index contributed by atoms with van der Waals surface area (Å²) in [7, 11) is 0. The molecule has 2 N–H and O–H groups in total. The van der Waals surface area contributed by atoms with Gasteiger partial charge < -0.3 is 20.1 Å². The molecule has 29 heavy (non-hydrogen) atoms. The molecule has 0 spiro atoms. The Morgan fingerprint density at radius 3 is 2.34 bits per heavy atom. The quantitative estimate of drug-likeness (QED) is 0.282. The van der Waals surface area contributed by atoms with Crippen LogP contribution in [0.4, 0.5) is 0 Å². The van der Waals surface area contributed by atoms with E-state index in [1.165, 1.54) is 5.56 Å². The fraction of sp³-hybridized carbons (Fsp3) is 0.696. The van der Waals surface area contributed by atoms with Crippen LogP contribution in [0.3, 0.4) is 0 Å². The molecule has 0 atom stereocenters. The van der Waals surface area contributed by atoms with E-state index < -0.39 is 0 Å². The van der Waals surface area contributed by atoms with Gasteiger partial charge in [-0.1, -0.05) is 24.3 Å². The van der Waals surface area contributed by atoms with Crippen LogP contribution in [-0.4, -0.2) is 62.4 Å². The minimum Gasteiger partial charge on any atom is -0.379 e. The summed E-state index contributed by atoms with van der Waals surface area (Å²) in [4.78, 5) is 7.23. The van der Waals surface area contributed by atoms with Crippen molar-refractivity contribution in [1.82, 2.24) is 15.5 Å². The summed E-state index contributed by atoms with van der Waals surface area (Å²) >= 11 is 0. The zero-order chi connectivity index (χ0) is 21.5. The molecule has 0 aliphatic carbocycles. The lowest BCUT2D eigenvalue weighted by atomic mass is 10.1. The van der Waals surface area contributed by atoms with E-state index in [9.17, 15) is 0 Å². The van der Waals surface area contributed by atoms with Gasteiger partial charge in [0.15, 0.2) is 5.96 Å². The van der Waals surface area contributed by atoms with Crippen LogP contribution in [0, 0.1) is 0 Å². The smallest absolute Gasteiger partial charge is 0.191 e. The zero-order valence-corrected chi connectivity index (χ0v) is 19.3. The van der Waals surface area contributed by atoms with Gasteiger partial charge in [-0.15, -0.1) is 0 Å². The Balaban J connectivity index is 2.54. The molecule has 1 rings (SSSR count). The minimum atomic E-state index is 0.537. The first-order chi connectivity index (χ1) is 14.0. The lowest BCUT2D eigenvalue weighted by Crippen LogP contribution is -2.45. The molecule has 0 heterocycles. The van der Waals surface area contributed by atoms with Crippen molar-refractivity contribution in [3.63, 3.8) is 0 Å². The third kappa shape index (κ3) is 11.2. The molecule has 0 bridgehead atoms. The fourth-order valence-corrected chi connectivity index (χ4v) is 3.20. The van der Waals surface area contributed by atoms with Crippen molar-refractivity contribution < 1.29 is 9.47 Å². The molecule has 0 aliphatic rings. The molecule has 166 valence electrons. The van der Waals surface area contributed by atoms with Crippen molar-refractivity contribution in [2.45, 2.75) is 66.8 Å². The molecular weight excluding hydrogens is 364 g/mol. The first kappa shape index (κ1) is 25.4. The molecule has 0 aliphatic heterocycles. The maximum Gasteiger partial charge on any atom is 0.191 e. The molecule has 0 amide bonds. The molecular formula is C23H42N4O2. The van der Waals surface area contributed by atoms with Crippen molar-refractivity contribution in [3.05, 3.63) is 35.4 Å².